The van der Waals surface area contributed by atoms with E-state index in [1.54, 1.807) is 42.3 Å². The number of rotatable bonds is 5. The van der Waals surface area contributed by atoms with Crippen LogP contribution >= 0.6 is 0 Å². The molecule has 1 heterocycles. The molecular weight excluding hydrogens is 282 g/mol. The van der Waals surface area contributed by atoms with Gasteiger partial charge < -0.3 is 14.4 Å². The fourth-order valence-corrected chi connectivity index (χ4v) is 2.33. The van der Waals surface area contributed by atoms with Gasteiger partial charge in [0.25, 0.3) is 0 Å². The summed E-state index contributed by atoms with van der Waals surface area (Å²) in [6.45, 7) is 1.40. The van der Waals surface area contributed by atoms with Gasteiger partial charge in [-0.2, -0.15) is 0 Å². The third-order valence-electron chi connectivity index (χ3n) is 3.63. The first kappa shape index (κ1) is 16.2. The SMILES string of the molecule is COC(=O)c1ccc(/C=C\C(=O)N(C)C[C@H]2CCCO2)cc1. The van der Waals surface area contributed by atoms with E-state index in [0.717, 1.165) is 25.0 Å². The quantitative estimate of drug-likeness (QED) is 0.617. The lowest BCUT2D eigenvalue weighted by molar-refractivity contribution is -0.126. The van der Waals surface area contributed by atoms with Gasteiger partial charge in [-0.1, -0.05) is 12.1 Å². The molecule has 5 nitrogen and oxygen atoms in total. The summed E-state index contributed by atoms with van der Waals surface area (Å²) in [6.07, 6.45) is 5.49. The van der Waals surface area contributed by atoms with Gasteiger partial charge in [-0.3, -0.25) is 4.79 Å². The molecule has 1 aliphatic rings. The zero-order valence-corrected chi connectivity index (χ0v) is 13.0. The Balaban J connectivity index is 1.89. The molecule has 0 aliphatic carbocycles. The van der Waals surface area contributed by atoms with Crippen molar-refractivity contribution in [2.24, 2.45) is 0 Å². The maximum atomic E-state index is 12.0. The Morgan fingerprint density at radius 2 is 2.09 bits per heavy atom. The van der Waals surface area contributed by atoms with Crippen molar-refractivity contribution in [2.45, 2.75) is 18.9 Å². The summed E-state index contributed by atoms with van der Waals surface area (Å²) in [4.78, 5) is 25.0. The summed E-state index contributed by atoms with van der Waals surface area (Å²) < 4.78 is 10.2. The molecule has 5 heteroatoms. The van der Waals surface area contributed by atoms with Crippen LogP contribution in [0.5, 0.6) is 0 Å². The van der Waals surface area contributed by atoms with Crippen LogP contribution < -0.4 is 0 Å². The molecule has 1 fully saturated rings. The number of carbonyl (C=O) groups excluding carboxylic acids is 2. The predicted octanol–water partition coefficient (Wildman–Crippen LogP) is 2.12. The van der Waals surface area contributed by atoms with Crippen molar-refractivity contribution in [3.05, 3.63) is 41.5 Å². The number of hydrogen-bond donors (Lipinski definition) is 0. The lowest BCUT2D eigenvalue weighted by Crippen LogP contribution is -2.32. The van der Waals surface area contributed by atoms with Gasteiger partial charge >= 0.3 is 5.97 Å². The Morgan fingerprint density at radius 1 is 1.36 bits per heavy atom. The third kappa shape index (κ3) is 4.43. The normalized spacial score (nSPS) is 17.6. The van der Waals surface area contributed by atoms with Crippen molar-refractivity contribution in [3.63, 3.8) is 0 Å². The summed E-state index contributed by atoms with van der Waals surface area (Å²) in [7, 11) is 3.12. The second kappa shape index (κ2) is 7.75. The first-order valence-corrected chi connectivity index (χ1v) is 7.33. The monoisotopic (exact) mass is 303 g/mol. The van der Waals surface area contributed by atoms with Crippen molar-refractivity contribution in [3.8, 4) is 0 Å². The molecule has 1 atom stereocenters. The molecule has 0 bridgehead atoms. The van der Waals surface area contributed by atoms with E-state index >= 15 is 0 Å². The number of methoxy groups -OCH3 is 1. The summed E-state index contributed by atoms with van der Waals surface area (Å²) in [5.41, 5.74) is 1.34. The number of likely N-dealkylation sites (N-methyl/N-ethyl adjacent to an activating group) is 1. The van der Waals surface area contributed by atoms with Crippen LogP contribution in [0.1, 0.15) is 28.8 Å². The number of esters is 1. The molecule has 1 aromatic carbocycles. The van der Waals surface area contributed by atoms with E-state index in [-0.39, 0.29) is 18.0 Å². The Morgan fingerprint density at radius 3 is 2.68 bits per heavy atom. The first-order valence-electron chi connectivity index (χ1n) is 7.33. The fraction of sp³-hybridized carbons (Fsp3) is 0.412. The zero-order valence-electron chi connectivity index (χ0n) is 13.0. The topological polar surface area (TPSA) is 55.8 Å². The average Bonchev–Trinajstić information content (AvgIpc) is 3.05. The highest BCUT2D eigenvalue weighted by molar-refractivity contribution is 5.92. The lowest BCUT2D eigenvalue weighted by atomic mass is 10.1. The van der Waals surface area contributed by atoms with Crippen LogP contribution in [0.4, 0.5) is 0 Å². The van der Waals surface area contributed by atoms with E-state index in [1.165, 1.54) is 13.2 Å². The van der Waals surface area contributed by atoms with Crippen LogP contribution in [0, 0.1) is 0 Å². The standard InChI is InChI=1S/C17H21NO4/c1-18(12-15-4-3-11-22-15)16(19)10-7-13-5-8-14(9-6-13)17(20)21-2/h5-10,15H,3-4,11-12H2,1-2H3/b10-7-/t15-/m1/s1. The van der Waals surface area contributed by atoms with E-state index in [4.69, 9.17) is 4.74 Å². The van der Waals surface area contributed by atoms with E-state index in [0.29, 0.717) is 12.1 Å². The van der Waals surface area contributed by atoms with Crippen LogP contribution in [-0.2, 0) is 14.3 Å². The zero-order chi connectivity index (χ0) is 15.9. The highest BCUT2D eigenvalue weighted by Crippen LogP contribution is 2.13. The first-order chi connectivity index (χ1) is 10.6. The number of carbonyl (C=O) groups is 2. The highest BCUT2D eigenvalue weighted by Gasteiger charge is 2.18. The number of amides is 1. The summed E-state index contributed by atoms with van der Waals surface area (Å²) in [5.74, 6) is -0.435. The average molecular weight is 303 g/mol. The molecule has 1 aromatic rings. The van der Waals surface area contributed by atoms with Gasteiger partial charge in [0, 0.05) is 26.3 Å². The molecule has 0 unspecified atom stereocenters. The Hall–Kier alpha value is -2.14. The molecule has 0 N–H and O–H groups in total. The van der Waals surface area contributed by atoms with Crippen LogP contribution in [0.3, 0.4) is 0 Å². The maximum absolute atomic E-state index is 12.0. The summed E-state index contributed by atoms with van der Waals surface area (Å²) in [6, 6.07) is 6.89. The number of benzene rings is 1. The fourth-order valence-electron chi connectivity index (χ4n) is 2.33. The van der Waals surface area contributed by atoms with Crippen molar-refractivity contribution >= 4 is 18.0 Å². The minimum atomic E-state index is -0.372. The van der Waals surface area contributed by atoms with Crippen molar-refractivity contribution < 1.29 is 19.1 Å². The molecule has 0 radical (unpaired) electrons. The number of ether oxygens (including phenoxy) is 2. The van der Waals surface area contributed by atoms with E-state index in [1.807, 2.05) is 0 Å². The van der Waals surface area contributed by atoms with Crippen LogP contribution in [-0.4, -0.2) is 50.2 Å². The molecule has 0 saturated carbocycles. The van der Waals surface area contributed by atoms with Gasteiger partial charge in [0.2, 0.25) is 5.91 Å². The lowest BCUT2D eigenvalue weighted by Gasteiger charge is -2.19. The molecular formula is C17H21NO4. The molecule has 0 aromatic heterocycles. The number of hydrogen-bond acceptors (Lipinski definition) is 4. The highest BCUT2D eigenvalue weighted by atomic mass is 16.5. The molecule has 1 aliphatic heterocycles. The second-order valence-corrected chi connectivity index (χ2v) is 5.30. The molecule has 0 spiro atoms. The van der Waals surface area contributed by atoms with Crippen molar-refractivity contribution in [2.75, 3.05) is 27.3 Å². The molecule has 1 saturated heterocycles. The molecule has 2 rings (SSSR count). The summed E-state index contributed by atoms with van der Waals surface area (Å²) >= 11 is 0. The molecule has 22 heavy (non-hydrogen) atoms. The Bertz CT molecular complexity index is 544. The van der Waals surface area contributed by atoms with E-state index < -0.39 is 0 Å². The van der Waals surface area contributed by atoms with Crippen LogP contribution in [0.25, 0.3) is 6.08 Å². The van der Waals surface area contributed by atoms with Crippen LogP contribution in [0.2, 0.25) is 0 Å². The number of nitrogens with zero attached hydrogens (tertiary/aromatic N) is 1. The largest absolute Gasteiger partial charge is 0.465 e. The van der Waals surface area contributed by atoms with Gasteiger partial charge in [0.1, 0.15) is 0 Å². The predicted molar refractivity (Wildman–Crippen MR) is 83.4 cm³/mol. The van der Waals surface area contributed by atoms with Gasteiger partial charge in [-0.15, -0.1) is 0 Å². The van der Waals surface area contributed by atoms with E-state index in [9.17, 15) is 9.59 Å². The van der Waals surface area contributed by atoms with Crippen molar-refractivity contribution in [1.29, 1.82) is 0 Å². The second-order valence-electron chi connectivity index (χ2n) is 5.30. The smallest absolute Gasteiger partial charge is 0.337 e. The van der Waals surface area contributed by atoms with Gasteiger partial charge in [0.15, 0.2) is 0 Å². The summed E-state index contributed by atoms with van der Waals surface area (Å²) in [5, 5.41) is 0. The Labute approximate surface area is 130 Å². The van der Waals surface area contributed by atoms with Gasteiger partial charge in [-0.05, 0) is 36.6 Å². The molecule has 1 amide bonds. The maximum Gasteiger partial charge on any atom is 0.337 e. The minimum absolute atomic E-state index is 0.0625. The van der Waals surface area contributed by atoms with Crippen molar-refractivity contribution in [1.82, 2.24) is 4.90 Å². The Kier molecular flexibility index (Phi) is 5.72. The molecule has 118 valence electrons. The van der Waals surface area contributed by atoms with Gasteiger partial charge in [0.05, 0.1) is 18.8 Å². The van der Waals surface area contributed by atoms with Crippen LogP contribution in [0.15, 0.2) is 30.3 Å². The third-order valence-corrected chi connectivity index (χ3v) is 3.63. The van der Waals surface area contributed by atoms with E-state index in [2.05, 4.69) is 4.74 Å². The van der Waals surface area contributed by atoms with Gasteiger partial charge in [-0.25, -0.2) is 4.79 Å². The minimum Gasteiger partial charge on any atom is -0.465 e.